The molecule has 0 saturated carbocycles. The molecule has 4 rings (SSSR count). The number of amides is 1. The molecule has 0 unspecified atom stereocenters. The van der Waals surface area contributed by atoms with Crippen LogP contribution in [-0.2, 0) is 16.4 Å². The summed E-state index contributed by atoms with van der Waals surface area (Å²) < 4.78 is 30.3. The van der Waals surface area contributed by atoms with E-state index in [1.807, 2.05) is 35.9 Å². The third-order valence-electron chi connectivity index (χ3n) is 4.98. The van der Waals surface area contributed by atoms with Crippen molar-refractivity contribution in [1.82, 2.24) is 20.3 Å². The summed E-state index contributed by atoms with van der Waals surface area (Å²) in [6, 6.07) is 15.8. The SMILES string of the molecule is Cc1nn(CCCNC(=O)c2cc(-c3ccc(S(C)(=O)=O)cc3)on2)c2ccccc12. The summed E-state index contributed by atoms with van der Waals surface area (Å²) in [5, 5.41) is 12.4. The van der Waals surface area contributed by atoms with Gasteiger partial charge in [0.15, 0.2) is 21.3 Å². The van der Waals surface area contributed by atoms with E-state index < -0.39 is 9.84 Å². The summed E-state index contributed by atoms with van der Waals surface area (Å²) >= 11 is 0. The second-order valence-corrected chi connectivity index (χ2v) is 9.32. The number of nitrogens with zero attached hydrogens (tertiary/aromatic N) is 3. The summed E-state index contributed by atoms with van der Waals surface area (Å²) in [6.07, 6.45) is 1.86. The molecule has 0 spiro atoms. The van der Waals surface area contributed by atoms with Gasteiger partial charge in [-0.25, -0.2) is 8.42 Å². The Bertz CT molecular complexity index is 1340. The molecule has 0 aliphatic heterocycles. The number of nitrogens with one attached hydrogen (secondary N) is 1. The van der Waals surface area contributed by atoms with Crippen LogP contribution in [0.2, 0.25) is 0 Å². The molecule has 0 saturated heterocycles. The molecule has 9 heteroatoms. The van der Waals surface area contributed by atoms with Crippen LogP contribution in [0, 0.1) is 6.92 Å². The van der Waals surface area contributed by atoms with E-state index in [2.05, 4.69) is 15.6 Å². The molecule has 4 aromatic rings. The number of hydrogen-bond donors (Lipinski definition) is 1. The van der Waals surface area contributed by atoms with Gasteiger partial charge in [-0.05, 0) is 43.7 Å². The Morgan fingerprint density at radius 3 is 2.61 bits per heavy atom. The number of hydrogen-bond acceptors (Lipinski definition) is 6. The second kappa shape index (κ2) is 8.35. The van der Waals surface area contributed by atoms with Crippen molar-refractivity contribution in [3.8, 4) is 11.3 Å². The smallest absolute Gasteiger partial charge is 0.273 e. The minimum Gasteiger partial charge on any atom is -0.355 e. The molecule has 2 heterocycles. The first-order valence-corrected chi connectivity index (χ1v) is 11.7. The van der Waals surface area contributed by atoms with Crippen molar-refractivity contribution in [2.24, 2.45) is 0 Å². The highest BCUT2D eigenvalue weighted by Gasteiger charge is 2.14. The van der Waals surface area contributed by atoms with E-state index in [4.69, 9.17) is 4.52 Å². The maximum Gasteiger partial charge on any atom is 0.273 e. The first-order valence-electron chi connectivity index (χ1n) is 9.80. The molecule has 0 aliphatic carbocycles. The van der Waals surface area contributed by atoms with Crippen LogP contribution in [0.1, 0.15) is 22.6 Å². The Balaban J connectivity index is 1.34. The van der Waals surface area contributed by atoms with E-state index >= 15 is 0 Å². The maximum atomic E-state index is 12.4. The van der Waals surface area contributed by atoms with E-state index in [0.29, 0.717) is 30.8 Å². The van der Waals surface area contributed by atoms with Gasteiger partial charge in [0, 0.05) is 36.4 Å². The van der Waals surface area contributed by atoms with Gasteiger partial charge < -0.3 is 9.84 Å². The highest BCUT2D eigenvalue weighted by Crippen LogP contribution is 2.22. The van der Waals surface area contributed by atoms with Crippen LogP contribution < -0.4 is 5.32 Å². The first-order chi connectivity index (χ1) is 14.8. The number of aryl methyl sites for hydroxylation is 2. The highest BCUT2D eigenvalue weighted by atomic mass is 32.2. The molecule has 0 bridgehead atoms. The third kappa shape index (κ3) is 4.51. The van der Waals surface area contributed by atoms with Crippen LogP contribution in [0.25, 0.3) is 22.2 Å². The summed E-state index contributed by atoms with van der Waals surface area (Å²) in [6.45, 7) is 3.14. The number of para-hydroxylation sites is 1. The molecule has 0 aliphatic rings. The lowest BCUT2D eigenvalue weighted by Gasteiger charge is -2.05. The fraction of sp³-hybridized carbons (Fsp3) is 0.227. The number of rotatable bonds is 7. The zero-order chi connectivity index (χ0) is 22.0. The Hall–Kier alpha value is -3.46. The zero-order valence-corrected chi connectivity index (χ0v) is 18.0. The van der Waals surface area contributed by atoms with Gasteiger partial charge in [-0.15, -0.1) is 0 Å². The van der Waals surface area contributed by atoms with E-state index in [0.717, 1.165) is 22.9 Å². The van der Waals surface area contributed by atoms with Crippen molar-refractivity contribution < 1.29 is 17.7 Å². The van der Waals surface area contributed by atoms with Gasteiger partial charge >= 0.3 is 0 Å². The molecule has 0 atom stereocenters. The summed E-state index contributed by atoms with van der Waals surface area (Å²) in [5.74, 6) is 0.0629. The van der Waals surface area contributed by atoms with Crippen molar-refractivity contribution in [1.29, 1.82) is 0 Å². The lowest BCUT2D eigenvalue weighted by Crippen LogP contribution is -2.25. The first kappa shape index (κ1) is 20.8. The quantitative estimate of drug-likeness (QED) is 0.444. The minimum atomic E-state index is -3.27. The number of carbonyl (C=O) groups is 1. The van der Waals surface area contributed by atoms with Gasteiger partial charge in [0.2, 0.25) is 0 Å². The van der Waals surface area contributed by atoms with Crippen LogP contribution in [-0.4, -0.2) is 42.1 Å². The lowest BCUT2D eigenvalue weighted by atomic mass is 10.1. The zero-order valence-electron chi connectivity index (χ0n) is 17.2. The number of benzene rings is 2. The summed E-state index contributed by atoms with van der Waals surface area (Å²) in [7, 11) is -3.27. The molecule has 1 amide bonds. The van der Waals surface area contributed by atoms with E-state index in [1.165, 1.54) is 18.2 Å². The second-order valence-electron chi connectivity index (χ2n) is 7.31. The van der Waals surface area contributed by atoms with Crippen molar-refractivity contribution >= 4 is 26.6 Å². The number of carbonyl (C=O) groups excluding carboxylic acids is 1. The van der Waals surface area contributed by atoms with E-state index in [1.54, 1.807) is 12.1 Å². The number of aromatic nitrogens is 3. The lowest BCUT2D eigenvalue weighted by molar-refractivity contribution is 0.0943. The topological polar surface area (TPSA) is 107 Å². The van der Waals surface area contributed by atoms with Crippen molar-refractivity contribution in [2.45, 2.75) is 24.8 Å². The molecule has 0 fully saturated rings. The third-order valence-corrected chi connectivity index (χ3v) is 6.11. The molecule has 2 aromatic heterocycles. The summed E-state index contributed by atoms with van der Waals surface area (Å²) in [4.78, 5) is 12.6. The van der Waals surface area contributed by atoms with Gasteiger partial charge in [-0.3, -0.25) is 9.48 Å². The molecule has 160 valence electrons. The monoisotopic (exact) mass is 438 g/mol. The fourth-order valence-corrected chi connectivity index (χ4v) is 4.00. The molecule has 1 N–H and O–H groups in total. The van der Waals surface area contributed by atoms with E-state index in [-0.39, 0.29) is 16.5 Å². The van der Waals surface area contributed by atoms with Crippen LogP contribution in [0.4, 0.5) is 0 Å². The van der Waals surface area contributed by atoms with Crippen LogP contribution >= 0.6 is 0 Å². The standard InChI is InChI=1S/C22H22N4O4S/c1-15-18-6-3-4-7-20(18)26(24-15)13-5-12-23-22(27)19-14-21(30-25-19)16-8-10-17(11-9-16)31(2,28)29/h3-4,6-11,14H,5,12-13H2,1-2H3,(H,23,27). The van der Waals surface area contributed by atoms with Gasteiger partial charge in [0.25, 0.3) is 5.91 Å². The molecule has 8 nitrogen and oxygen atoms in total. The Morgan fingerprint density at radius 2 is 1.87 bits per heavy atom. The Morgan fingerprint density at radius 1 is 1.13 bits per heavy atom. The molecule has 0 radical (unpaired) electrons. The average Bonchev–Trinajstić information content (AvgIpc) is 3.36. The molecule has 2 aromatic carbocycles. The Labute approximate surface area is 179 Å². The maximum absolute atomic E-state index is 12.4. The molecular formula is C22H22N4O4S. The fourth-order valence-electron chi connectivity index (χ4n) is 3.37. The van der Waals surface area contributed by atoms with Crippen molar-refractivity contribution in [3.05, 3.63) is 66.0 Å². The van der Waals surface area contributed by atoms with Crippen LogP contribution in [0.5, 0.6) is 0 Å². The minimum absolute atomic E-state index is 0.169. The van der Waals surface area contributed by atoms with Gasteiger partial charge in [0.05, 0.1) is 16.1 Å². The van der Waals surface area contributed by atoms with Gasteiger partial charge in [-0.2, -0.15) is 5.10 Å². The molecule has 31 heavy (non-hydrogen) atoms. The summed E-state index contributed by atoms with van der Waals surface area (Å²) in [5.41, 5.74) is 2.87. The predicted octanol–water partition coefficient (Wildman–Crippen LogP) is 3.22. The van der Waals surface area contributed by atoms with Crippen molar-refractivity contribution in [2.75, 3.05) is 12.8 Å². The highest BCUT2D eigenvalue weighted by molar-refractivity contribution is 7.90. The number of sulfone groups is 1. The van der Waals surface area contributed by atoms with Crippen molar-refractivity contribution in [3.63, 3.8) is 0 Å². The van der Waals surface area contributed by atoms with Gasteiger partial charge in [0.1, 0.15) is 0 Å². The van der Waals surface area contributed by atoms with E-state index in [9.17, 15) is 13.2 Å². The normalized spacial score (nSPS) is 11.7. The average molecular weight is 439 g/mol. The predicted molar refractivity (Wildman–Crippen MR) is 116 cm³/mol. The number of fused-ring (bicyclic) bond motifs is 1. The van der Waals surface area contributed by atoms with Gasteiger partial charge in [-0.1, -0.05) is 23.4 Å². The largest absolute Gasteiger partial charge is 0.355 e. The van der Waals surface area contributed by atoms with Crippen LogP contribution in [0.15, 0.2) is 64.0 Å². The Kier molecular flexibility index (Phi) is 5.60. The molecular weight excluding hydrogens is 416 g/mol. The van der Waals surface area contributed by atoms with Crippen LogP contribution in [0.3, 0.4) is 0 Å².